The smallest absolute Gasteiger partial charge is 0.215 e. The van der Waals surface area contributed by atoms with Crippen molar-refractivity contribution in [2.45, 2.75) is 5.75 Å². The summed E-state index contributed by atoms with van der Waals surface area (Å²) >= 11 is 0. The van der Waals surface area contributed by atoms with Crippen LogP contribution in [0.15, 0.2) is 12.1 Å². The number of anilines is 1. The lowest BCUT2D eigenvalue weighted by Gasteiger charge is -2.00. The van der Waals surface area contributed by atoms with E-state index in [1.54, 1.807) is 0 Å². The van der Waals surface area contributed by atoms with Gasteiger partial charge >= 0.3 is 0 Å². The van der Waals surface area contributed by atoms with Crippen molar-refractivity contribution in [1.82, 2.24) is 4.98 Å². The molecule has 0 bridgehead atoms. The summed E-state index contributed by atoms with van der Waals surface area (Å²) in [4.78, 5) is 3.28. The van der Waals surface area contributed by atoms with Crippen LogP contribution in [0, 0.1) is 5.95 Å². The minimum atomic E-state index is -3.16. The number of nitrogens with two attached hydrogens (primary N) is 1. The second-order valence-electron chi connectivity index (χ2n) is 2.79. The SMILES string of the molecule is CS(=O)(=O)Cc1cc(N)nc(F)c1. The van der Waals surface area contributed by atoms with Crippen LogP contribution in [-0.2, 0) is 15.6 Å². The predicted octanol–water partition coefficient (Wildman–Crippen LogP) is 0.347. The molecule has 0 amide bonds. The van der Waals surface area contributed by atoms with Crippen molar-refractivity contribution in [3.8, 4) is 0 Å². The molecule has 2 N–H and O–H groups in total. The van der Waals surface area contributed by atoms with Crippen molar-refractivity contribution < 1.29 is 12.8 Å². The van der Waals surface area contributed by atoms with Crippen LogP contribution < -0.4 is 5.73 Å². The molecule has 0 aliphatic carbocycles. The van der Waals surface area contributed by atoms with Crippen LogP contribution in [0.25, 0.3) is 0 Å². The summed E-state index contributed by atoms with van der Waals surface area (Å²) < 4.78 is 34.3. The summed E-state index contributed by atoms with van der Waals surface area (Å²) in [6, 6.07) is 2.39. The van der Waals surface area contributed by atoms with Crippen molar-refractivity contribution in [3.63, 3.8) is 0 Å². The van der Waals surface area contributed by atoms with Gasteiger partial charge in [0.05, 0.1) is 5.75 Å². The number of rotatable bonds is 2. The molecule has 0 saturated carbocycles. The Labute approximate surface area is 75.5 Å². The lowest BCUT2D eigenvalue weighted by Crippen LogP contribution is -2.03. The maximum Gasteiger partial charge on any atom is 0.215 e. The number of hydrogen-bond donors (Lipinski definition) is 1. The number of aromatic nitrogens is 1. The molecule has 1 rings (SSSR count). The second kappa shape index (κ2) is 3.29. The molecule has 0 spiro atoms. The first-order valence-electron chi connectivity index (χ1n) is 3.46. The van der Waals surface area contributed by atoms with E-state index in [2.05, 4.69) is 4.98 Å². The highest BCUT2D eigenvalue weighted by Gasteiger charge is 2.06. The normalized spacial score (nSPS) is 11.5. The van der Waals surface area contributed by atoms with Gasteiger partial charge in [-0.05, 0) is 17.7 Å². The van der Waals surface area contributed by atoms with Crippen molar-refractivity contribution in [1.29, 1.82) is 0 Å². The molecule has 1 aromatic heterocycles. The molecule has 1 aromatic rings. The Morgan fingerprint density at radius 2 is 2.15 bits per heavy atom. The van der Waals surface area contributed by atoms with Gasteiger partial charge in [-0.1, -0.05) is 0 Å². The molecule has 0 atom stereocenters. The number of sulfone groups is 1. The van der Waals surface area contributed by atoms with Crippen molar-refractivity contribution >= 4 is 15.7 Å². The van der Waals surface area contributed by atoms with Gasteiger partial charge in [-0.15, -0.1) is 0 Å². The minimum Gasteiger partial charge on any atom is -0.384 e. The Morgan fingerprint density at radius 1 is 1.54 bits per heavy atom. The Balaban J connectivity index is 3.03. The minimum absolute atomic E-state index is 0.0151. The first kappa shape index (κ1) is 9.91. The molecule has 0 aliphatic rings. The molecule has 0 unspecified atom stereocenters. The lowest BCUT2D eigenvalue weighted by molar-refractivity contribution is 0.583. The van der Waals surface area contributed by atoms with E-state index in [1.807, 2.05) is 0 Å². The van der Waals surface area contributed by atoms with Crippen LogP contribution >= 0.6 is 0 Å². The maximum atomic E-state index is 12.6. The van der Waals surface area contributed by atoms with Gasteiger partial charge in [0.2, 0.25) is 5.95 Å². The van der Waals surface area contributed by atoms with Gasteiger partial charge in [0.1, 0.15) is 5.82 Å². The quantitative estimate of drug-likeness (QED) is 0.705. The molecular formula is C7H9FN2O2S. The van der Waals surface area contributed by atoms with E-state index >= 15 is 0 Å². The highest BCUT2D eigenvalue weighted by Crippen LogP contribution is 2.09. The van der Waals surface area contributed by atoms with Crippen molar-refractivity contribution in [2.75, 3.05) is 12.0 Å². The fourth-order valence-corrected chi connectivity index (χ4v) is 1.73. The molecule has 13 heavy (non-hydrogen) atoms. The zero-order valence-electron chi connectivity index (χ0n) is 6.99. The average molecular weight is 204 g/mol. The predicted molar refractivity (Wildman–Crippen MR) is 47.2 cm³/mol. The zero-order valence-corrected chi connectivity index (χ0v) is 7.81. The number of pyridine rings is 1. The highest BCUT2D eigenvalue weighted by molar-refractivity contribution is 7.89. The third-order valence-electron chi connectivity index (χ3n) is 1.30. The molecule has 1 heterocycles. The Bertz CT molecular complexity index is 396. The molecule has 6 heteroatoms. The largest absolute Gasteiger partial charge is 0.384 e. The van der Waals surface area contributed by atoms with E-state index in [1.165, 1.54) is 6.07 Å². The topological polar surface area (TPSA) is 73.0 Å². The molecule has 0 radical (unpaired) electrons. The maximum absolute atomic E-state index is 12.6. The summed E-state index contributed by atoms with van der Waals surface area (Å²) in [6.07, 6.45) is 1.07. The van der Waals surface area contributed by atoms with Gasteiger partial charge in [-0.2, -0.15) is 4.39 Å². The van der Waals surface area contributed by atoms with Crippen LogP contribution in [0.2, 0.25) is 0 Å². The number of nitrogen functional groups attached to an aromatic ring is 1. The molecule has 72 valence electrons. The van der Waals surface area contributed by atoms with E-state index in [-0.39, 0.29) is 11.6 Å². The van der Waals surface area contributed by atoms with E-state index in [4.69, 9.17) is 5.73 Å². The third-order valence-corrected chi connectivity index (χ3v) is 2.16. The molecule has 0 fully saturated rings. The van der Waals surface area contributed by atoms with Gasteiger partial charge in [-0.25, -0.2) is 13.4 Å². The van der Waals surface area contributed by atoms with E-state index in [0.717, 1.165) is 12.3 Å². The Kier molecular flexibility index (Phi) is 2.51. The first-order valence-corrected chi connectivity index (χ1v) is 5.52. The van der Waals surface area contributed by atoms with Crippen molar-refractivity contribution in [2.24, 2.45) is 0 Å². The van der Waals surface area contributed by atoms with E-state index < -0.39 is 15.8 Å². The standard InChI is InChI=1S/C7H9FN2O2S/c1-13(11,12)4-5-2-6(8)10-7(9)3-5/h2-3H,4H2,1H3,(H2,9,10). The van der Waals surface area contributed by atoms with E-state index in [9.17, 15) is 12.8 Å². The highest BCUT2D eigenvalue weighted by atomic mass is 32.2. The summed E-state index contributed by atoms with van der Waals surface area (Å²) in [6.45, 7) is 0. The summed E-state index contributed by atoms with van der Waals surface area (Å²) in [5.41, 5.74) is 5.54. The third kappa shape index (κ3) is 3.37. The van der Waals surface area contributed by atoms with Crippen LogP contribution in [0.1, 0.15) is 5.56 Å². The summed E-state index contributed by atoms with van der Waals surface area (Å²) in [5, 5.41) is 0. The summed E-state index contributed by atoms with van der Waals surface area (Å²) in [7, 11) is -3.16. The van der Waals surface area contributed by atoms with E-state index in [0.29, 0.717) is 5.56 Å². The lowest BCUT2D eigenvalue weighted by atomic mass is 10.3. The van der Waals surface area contributed by atoms with Gasteiger partial charge in [0, 0.05) is 6.26 Å². The fraction of sp³-hybridized carbons (Fsp3) is 0.286. The van der Waals surface area contributed by atoms with Gasteiger partial charge in [0.15, 0.2) is 9.84 Å². The Morgan fingerprint density at radius 3 is 2.62 bits per heavy atom. The van der Waals surface area contributed by atoms with Crippen LogP contribution in [0.3, 0.4) is 0 Å². The van der Waals surface area contributed by atoms with Crippen molar-refractivity contribution in [3.05, 3.63) is 23.6 Å². The monoisotopic (exact) mass is 204 g/mol. The van der Waals surface area contributed by atoms with Gasteiger partial charge in [0.25, 0.3) is 0 Å². The van der Waals surface area contributed by atoms with Crippen LogP contribution in [0.5, 0.6) is 0 Å². The average Bonchev–Trinajstić information content (AvgIpc) is 1.78. The van der Waals surface area contributed by atoms with Crippen LogP contribution in [0.4, 0.5) is 10.2 Å². The molecule has 0 aliphatic heterocycles. The first-order chi connectivity index (χ1) is 5.87. The molecule has 0 aromatic carbocycles. The number of hydrogen-bond acceptors (Lipinski definition) is 4. The Hall–Kier alpha value is -1.17. The summed E-state index contributed by atoms with van der Waals surface area (Å²) in [5.74, 6) is -1.01. The van der Waals surface area contributed by atoms with Gasteiger partial charge in [-0.3, -0.25) is 0 Å². The molecule has 4 nitrogen and oxygen atoms in total. The number of halogens is 1. The zero-order chi connectivity index (χ0) is 10.1. The second-order valence-corrected chi connectivity index (χ2v) is 4.93. The number of nitrogens with zero attached hydrogens (tertiary/aromatic N) is 1. The van der Waals surface area contributed by atoms with Gasteiger partial charge < -0.3 is 5.73 Å². The fourth-order valence-electron chi connectivity index (χ4n) is 0.959. The molecular weight excluding hydrogens is 195 g/mol. The molecule has 0 saturated heterocycles. The van der Waals surface area contributed by atoms with Crippen LogP contribution in [-0.4, -0.2) is 19.7 Å².